The number of carbonyl (C=O) groups is 1. The van der Waals surface area contributed by atoms with Crippen molar-refractivity contribution < 1.29 is 14.7 Å². The van der Waals surface area contributed by atoms with E-state index in [1.54, 1.807) is 18.5 Å². The summed E-state index contributed by atoms with van der Waals surface area (Å²) in [4.78, 5) is 11.9. The second-order valence-electron chi connectivity index (χ2n) is 3.80. The number of ether oxygens (including phenoxy) is 1. The van der Waals surface area contributed by atoms with Gasteiger partial charge in [0.25, 0.3) is 0 Å². The Bertz CT molecular complexity index is 614. The highest BCUT2D eigenvalue weighted by molar-refractivity contribution is 6.09. The van der Waals surface area contributed by atoms with E-state index in [1.165, 1.54) is 6.21 Å². The molecule has 0 radical (unpaired) electrons. The summed E-state index contributed by atoms with van der Waals surface area (Å²) < 4.78 is 6.76. The maximum absolute atomic E-state index is 11.9. The van der Waals surface area contributed by atoms with Crippen LogP contribution in [0.15, 0.2) is 29.4 Å². The Balaban J connectivity index is 2.73. The molecule has 5 heteroatoms. The molecule has 0 aliphatic rings. The number of hydrogen-bond acceptors (Lipinski definition) is 4. The average molecular weight is 246 g/mol. The van der Waals surface area contributed by atoms with Crippen LogP contribution in [-0.2, 0) is 11.8 Å². The van der Waals surface area contributed by atoms with Gasteiger partial charge in [-0.05, 0) is 13.0 Å². The van der Waals surface area contributed by atoms with E-state index in [-0.39, 0.29) is 0 Å². The Morgan fingerprint density at radius 2 is 2.22 bits per heavy atom. The molecular formula is C13H14N2O3. The first kappa shape index (κ1) is 12.2. The minimum absolute atomic E-state index is 0.302. The van der Waals surface area contributed by atoms with Gasteiger partial charge in [0.15, 0.2) is 0 Å². The summed E-state index contributed by atoms with van der Waals surface area (Å²) in [5.41, 5.74) is 1.83. The summed E-state index contributed by atoms with van der Waals surface area (Å²) in [7, 11) is 1.78. The molecule has 0 fully saturated rings. The van der Waals surface area contributed by atoms with Crippen molar-refractivity contribution in [1.29, 1.82) is 0 Å². The number of rotatable bonds is 3. The third kappa shape index (κ3) is 1.84. The van der Waals surface area contributed by atoms with Gasteiger partial charge in [-0.15, -0.1) is 0 Å². The zero-order valence-electron chi connectivity index (χ0n) is 10.3. The lowest BCUT2D eigenvalue weighted by molar-refractivity contribution is 0.0515. The van der Waals surface area contributed by atoms with E-state index in [4.69, 9.17) is 9.94 Å². The minimum atomic E-state index is -0.425. The zero-order chi connectivity index (χ0) is 13.1. The monoisotopic (exact) mass is 246 g/mol. The van der Waals surface area contributed by atoms with E-state index >= 15 is 0 Å². The van der Waals surface area contributed by atoms with Crippen LogP contribution in [-0.4, -0.2) is 28.6 Å². The van der Waals surface area contributed by atoms with Crippen LogP contribution in [0.5, 0.6) is 0 Å². The second-order valence-corrected chi connectivity index (χ2v) is 3.80. The van der Waals surface area contributed by atoms with Crippen molar-refractivity contribution in [2.24, 2.45) is 12.2 Å². The zero-order valence-corrected chi connectivity index (χ0v) is 10.3. The number of aryl methyl sites for hydroxylation is 1. The summed E-state index contributed by atoms with van der Waals surface area (Å²) >= 11 is 0. The Morgan fingerprint density at radius 3 is 2.89 bits per heavy atom. The number of hydrogen-bond donors (Lipinski definition) is 1. The van der Waals surface area contributed by atoms with Gasteiger partial charge in [-0.3, -0.25) is 0 Å². The lowest BCUT2D eigenvalue weighted by Gasteiger charge is -2.04. The maximum Gasteiger partial charge on any atom is 0.355 e. The van der Waals surface area contributed by atoms with Crippen LogP contribution in [0.3, 0.4) is 0 Å². The first-order chi connectivity index (χ1) is 8.70. The number of nitrogens with zero attached hydrogens (tertiary/aromatic N) is 2. The fourth-order valence-electron chi connectivity index (χ4n) is 2.06. The number of fused-ring (bicyclic) bond motifs is 1. The molecule has 0 saturated carbocycles. The number of benzene rings is 1. The average Bonchev–Trinajstić information content (AvgIpc) is 2.65. The molecule has 1 aromatic carbocycles. The number of esters is 1. The molecule has 2 rings (SSSR count). The van der Waals surface area contributed by atoms with Crippen molar-refractivity contribution >= 4 is 23.1 Å². The van der Waals surface area contributed by atoms with Gasteiger partial charge >= 0.3 is 5.97 Å². The molecule has 0 unspecified atom stereocenters. The standard InChI is InChI=1S/C13H14N2O3/c1-3-18-13(16)12-10(8-14-17)9-6-4-5-7-11(9)15(12)2/h4-8,17H,3H2,1-2H3/b14-8-. The van der Waals surface area contributed by atoms with E-state index < -0.39 is 5.97 Å². The van der Waals surface area contributed by atoms with Crippen molar-refractivity contribution in [3.63, 3.8) is 0 Å². The Hall–Kier alpha value is -2.30. The molecule has 94 valence electrons. The molecule has 0 aliphatic heterocycles. The van der Waals surface area contributed by atoms with Crippen LogP contribution in [0.25, 0.3) is 10.9 Å². The summed E-state index contributed by atoms with van der Waals surface area (Å²) in [6, 6.07) is 7.52. The van der Waals surface area contributed by atoms with Crippen LogP contribution < -0.4 is 0 Å². The predicted octanol–water partition coefficient (Wildman–Crippen LogP) is 2.16. The molecule has 0 spiro atoms. The van der Waals surface area contributed by atoms with Gasteiger partial charge in [0, 0.05) is 23.5 Å². The van der Waals surface area contributed by atoms with Crippen LogP contribution in [0.1, 0.15) is 23.0 Å². The van der Waals surface area contributed by atoms with Gasteiger partial charge in [-0.25, -0.2) is 4.79 Å². The quantitative estimate of drug-likeness (QED) is 0.390. The highest BCUT2D eigenvalue weighted by Gasteiger charge is 2.20. The lowest BCUT2D eigenvalue weighted by Crippen LogP contribution is -2.12. The Kier molecular flexibility index (Phi) is 3.32. The highest BCUT2D eigenvalue weighted by Crippen LogP contribution is 2.24. The summed E-state index contributed by atoms with van der Waals surface area (Å²) in [5, 5.41) is 12.6. The largest absolute Gasteiger partial charge is 0.461 e. The van der Waals surface area contributed by atoms with Gasteiger partial charge in [0.2, 0.25) is 0 Å². The molecule has 1 N–H and O–H groups in total. The van der Waals surface area contributed by atoms with Crippen LogP contribution in [0.2, 0.25) is 0 Å². The molecule has 0 atom stereocenters. The van der Waals surface area contributed by atoms with Crippen molar-refractivity contribution in [1.82, 2.24) is 4.57 Å². The number of para-hydroxylation sites is 1. The fraction of sp³-hybridized carbons (Fsp3) is 0.231. The predicted molar refractivity (Wildman–Crippen MR) is 68.3 cm³/mol. The molecule has 5 nitrogen and oxygen atoms in total. The molecule has 18 heavy (non-hydrogen) atoms. The molecule has 0 aliphatic carbocycles. The second kappa shape index (κ2) is 4.91. The normalized spacial score (nSPS) is 11.2. The summed E-state index contributed by atoms with van der Waals surface area (Å²) in [6.45, 7) is 2.05. The third-order valence-corrected chi connectivity index (χ3v) is 2.80. The molecule has 0 saturated heterocycles. The molecule has 2 aromatic rings. The van der Waals surface area contributed by atoms with Crippen molar-refractivity contribution in [3.05, 3.63) is 35.5 Å². The minimum Gasteiger partial charge on any atom is -0.461 e. The first-order valence-corrected chi connectivity index (χ1v) is 5.62. The van der Waals surface area contributed by atoms with Gasteiger partial charge in [-0.1, -0.05) is 23.4 Å². The van der Waals surface area contributed by atoms with Crippen LogP contribution in [0, 0.1) is 0 Å². The van der Waals surface area contributed by atoms with Crippen molar-refractivity contribution in [2.75, 3.05) is 6.61 Å². The molecular weight excluding hydrogens is 232 g/mol. The molecule has 0 bridgehead atoms. The Labute approximate surface area is 104 Å². The first-order valence-electron chi connectivity index (χ1n) is 5.62. The van der Waals surface area contributed by atoms with Crippen LogP contribution in [0.4, 0.5) is 0 Å². The topological polar surface area (TPSA) is 63.8 Å². The summed E-state index contributed by atoms with van der Waals surface area (Å²) in [6.07, 6.45) is 1.26. The van der Waals surface area contributed by atoms with Crippen molar-refractivity contribution in [2.45, 2.75) is 6.92 Å². The highest BCUT2D eigenvalue weighted by atomic mass is 16.5. The number of carbonyl (C=O) groups excluding carboxylic acids is 1. The number of aromatic nitrogens is 1. The number of oxime groups is 1. The lowest BCUT2D eigenvalue weighted by atomic mass is 10.1. The molecule has 0 amide bonds. The smallest absolute Gasteiger partial charge is 0.355 e. The van der Waals surface area contributed by atoms with Gasteiger partial charge in [-0.2, -0.15) is 0 Å². The maximum atomic E-state index is 11.9. The van der Waals surface area contributed by atoms with E-state index in [1.807, 2.05) is 24.3 Å². The summed E-state index contributed by atoms with van der Waals surface area (Å²) in [5.74, 6) is -0.425. The molecule has 1 aromatic heterocycles. The van der Waals surface area contributed by atoms with Crippen molar-refractivity contribution in [3.8, 4) is 0 Å². The van der Waals surface area contributed by atoms with E-state index in [2.05, 4.69) is 5.16 Å². The SMILES string of the molecule is CCOC(=O)c1c(/C=N\O)c2ccccc2n1C. The van der Waals surface area contributed by atoms with Gasteiger partial charge < -0.3 is 14.5 Å². The fourth-order valence-corrected chi connectivity index (χ4v) is 2.06. The Morgan fingerprint density at radius 1 is 1.50 bits per heavy atom. The van der Waals surface area contributed by atoms with E-state index in [0.717, 1.165) is 10.9 Å². The third-order valence-electron chi connectivity index (χ3n) is 2.80. The van der Waals surface area contributed by atoms with Gasteiger partial charge in [0.05, 0.1) is 12.8 Å². The van der Waals surface area contributed by atoms with Crippen LogP contribution >= 0.6 is 0 Å². The van der Waals surface area contributed by atoms with E-state index in [0.29, 0.717) is 17.9 Å². The molecule has 1 heterocycles. The van der Waals surface area contributed by atoms with E-state index in [9.17, 15) is 4.79 Å². The van der Waals surface area contributed by atoms with Gasteiger partial charge in [0.1, 0.15) is 5.69 Å².